The molecular formula is C20H23NO6. The minimum atomic E-state index is -1.21. The van der Waals surface area contributed by atoms with Crippen LogP contribution in [0.3, 0.4) is 0 Å². The second-order valence-electron chi connectivity index (χ2n) is 6.39. The first kappa shape index (κ1) is 18.8. The van der Waals surface area contributed by atoms with Gasteiger partial charge in [-0.1, -0.05) is 24.3 Å². The van der Waals surface area contributed by atoms with Gasteiger partial charge in [-0.15, -0.1) is 0 Å². The number of likely N-dealkylation sites (N-methyl/N-ethyl adjacent to an activating group) is 1. The number of carboxylic acid groups (broad SMARTS) is 1. The lowest BCUT2D eigenvalue weighted by Crippen LogP contribution is -2.39. The molecule has 2 aromatic rings. The van der Waals surface area contributed by atoms with Crippen molar-refractivity contribution in [3.63, 3.8) is 0 Å². The number of aliphatic carboxylic acids is 1. The molecule has 0 radical (unpaired) electrons. The molecule has 0 aliphatic carbocycles. The van der Waals surface area contributed by atoms with E-state index in [4.69, 9.17) is 18.9 Å². The van der Waals surface area contributed by atoms with Crippen LogP contribution in [0.25, 0.3) is 0 Å². The predicted molar refractivity (Wildman–Crippen MR) is 98.9 cm³/mol. The van der Waals surface area contributed by atoms with E-state index < -0.39 is 18.2 Å². The van der Waals surface area contributed by atoms with E-state index in [1.54, 1.807) is 49.6 Å². The van der Waals surface area contributed by atoms with Crippen LogP contribution in [0.4, 0.5) is 0 Å². The van der Waals surface area contributed by atoms with E-state index in [1.165, 1.54) is 0 Å². The average molecular weight is 373 g/mol. The van der Waals surface area contributed by atoms with E-state index in [2.05, 4.69) is 0 Å². The number of benzene rings is 2. The van der Waals surface area contributed by atoms with Gasteiger partial charge in [-0.2, -0.15) is 0 Å². The highest BCUT2D eigenvalue weighted by atomic mass is 16.6. The van der Waals surface area contributed by atoms with Crippen LogP contribution in [0.2, 0.25) is 0 Å². The van der Waals surface area contributed by atoms with Crippen molar-refractivity contribution in [2.24, 2.45) is 0 Å². The summed E-state index contributed by atoms with van der Waals surface area (Å²) in [5.74, 6) is 0.747. The molecule has 1 N–H and O–H groups in total. The number of rotatable bonds is 7. The van der Waals surface area contributed by atoms with E-state index in [9.17, 15) is 9.90 Å². The van der Waals surface area contributed by atoms with E-state index in [1.807, 2.05) is 19.0 Å². The zero-order chi connectivity index (χ0) is 19.4. The molecule has 144 valence electrons. The summed E-state index contributed by atoms with van der Waals surface area (Å²) in [6.45, 7) is 1.12. The number of fused-ring (bicyclic) bond motifs is 1. The lowest BCUT2D eigenvalue weighted by Gasteiger charge is -2.32. The number of hydrogen-bond donors (Lipinski definition) is 1. The van der Waals surface area contributed by atoms with Gasteiger partial charge in [0, 0.05) is 12.1 Å². The summed E-state index contributed by atoms with van der Waals surface area (Å²) in [5, 5.41) is 9.68. The van der Waals surface area contributed by atoms with Crippen molar-refractivity contribution in [3.8, 4) is 23.0 Å². The van der Waals surface area contributed by atoms with Gasteiger partial charge in [-0.25, -0.2) is 4.79 Å². The molecule has 0 spiro atoms. The van der Waals surface area contributed by atoms with E-state index >= 15 is 0 Å². The summed E-state index contributed by atoms with van der Waals surface area (Å²) in [6.07, 6.45) is -2.08. The lowest BCUT2D eigenvalue weighted by molar-refractivity contribution is -0.151. The Morgan fingerprint density at radius 2 is 1.81 bits per heavy atom. The highest BCUT2D eigenvalue weighted by Crippen LogP contribution is 2.44. The third kappa shape index (κ3) is 4.09. The highest BCUT2D eigenvalue weighted by Gasteiger charge is 2.40. The minimum Gasteiger partial charge on any atom is -0.493 e. The fraction of sp³-hybridized carbons (Fsp3) is 0.350. The second-order valence-corrected chi connectivity index (χ2v) is 6.39. The van der Waals surface area contributed by atoms with Gasteiger partial charge in [0.05, 0.1) is 7.11 Å². The molecule has 0 fully saturated rings. The largest absolute Gasteiger partial charge is 0.493 e. The molecule has 0 saturated carbocycles. The highest BCUT2D eigenvalue weighted by molar-refractivity contribution is 5.75. The Labute approximate surface area is 158 Å². The first-order valence-corrected chi connectivity index (χ1v) is 8.61. The van der Waals surface area contributed by atoms with Crippen molar-refractivity contribution >= 4 is 5.97 Å². The van der Waals surface area contributed by atoms with Gasteiger partial charge in [0.25, 0.3) is 0 Å². The molecule has 7 heteroatoms. The fourth-order valence-electron chi connectivity index (χ4n) is 2.85. The Morgan fingerprint density at radius 3 is 2.44 bits per heavy atom. The molecule has 1 aliphatic rings. The molecule has 1 aliphatic heterocycles. The van der Waals surface area contributed by atoms with Crippen LogP contribution < -0.4 is 18.9 Å². The Bertz CT molecular complexity index is 807. The molecule has 0 saturated heterocycles. The van der Waals surface area contributed by atoms with Crippen molar-refractivity contribution in [1.82, 2.24) is 4.90 Å². The standard InChI is InChI=1S/C20H23NO6/c1-21(2)11-12-25-17-13(7-6-10-16(17)24-3)18-19(20(22)23)27-15-9-5-4-8-14(15)26-18/h4-10,18-19H,11-12H2,1-3H3,(H,22,23). The van der Waals surface area contributed by atoms with Crippen LogP contribution in [0.15, 0.2) is 42.5 Å². The number of nitrogens with zero attached hydrogens (tertiary/aromatic N) is 1. The number of methoxy groups -OCH3 is 1. The van der Waals surface area contributed by atoms with Gasteiger partial charge in [0.1, 0.15) is 6.61 Å². The maximum absolute atomic E-state index is 11.8. The van der Waals surface area contributed by atoms with Crippen molar-refractivity contribution in [3.05, 3.63) is 48.0 Å². The summed E-state index contributed by atoms with van der Waals surface area (Å²) < 4.78 is 23.1. The summed E-state index contributed by atoms with van der Waals surface area (Å²) in [4.78, 5) is 13.8. The molecule has 27 heavy (non-hydrogen) atoms. The Morgan fingerprint density at radius 1 is 1.11 bits per heavy atom. The van der Waals surface area contributed by atoms with Crippen LogP contribution in [-0.2, 0) is 4.79 Å². The number of carboxylic acids is 1. The Hall–Kier alpha value is -2.93. The van der Waals surface area contributed by atoms with Gasteiger partial charge in [-0.3, -0.25) is 0 Å². The third-order valence-corrected chi connectivity index (χ3v) is 4.20. The van der Waals surface area contributed by atoms with Crippen molar-refractivity contribution in [2.75, 3.05) is 34.4 Å². The fourth-order valence-corrected chi connectivity index (χ4v) is 2.85. The lowest BCUT2D eigenvalue weighted by atomic mass is 10.0. The second kappa shape index (κ2) is 8.18. The van der Waals surface area contributed by atoms with Crippen LogP contribution in [-0.4, -0.2) is 56.4 Å². The Balaban J connectivity index is 1.99. The maximum Gasteiger partial charge on any atom is 0.349 e. The van der Waals surface area contributed by atoms with Crippen LogP contribution in [0.1, 0.15) is 11.7 Å². The van der Waals surface area contributed by atoms with Crippen molar-refractivity contribution < 1.29 is 28.8 Å². The zero-order valence-electron chi connectivity index (χ0n) is 15.5. The predicted octanol–water partition coefficient (Wildman–Crippen LogP) is 2.60. The zero-order valence-corrected chi connectivity index (χ0v) is 15.5. The molecule has 7 nitrogen and oxygen atoms in total. The molecule has 0 amide bonds. The maximum atomic E-state index is 11.8. The summed E-state index contributed by atoms with van der Waals surface area (Å²) in [6, 6.07) is 12.3. The quantitative estimate of drug-likeness (QED) is 0.799. The van der Waals surface area contributed by atoms with Gasteiger partial charge >= 0.3 is 5.97 Å². The molecule has 2 atom stereocenters. The Kier molecular flexibility index (Phi) is 5.71. The van der Waals surface area contributed by atoms with E-state index in [-0.39, 0.29) is 0 Å². The van der Waals surface area contributed by atoms with Crippen LogP contribution in [0, 0.1) is 0 Å². The summed E-state index contributed by atoms with van der Waals surface area (Å²) >= 11 is 0. The normalized spacial score (nSPS) is 18.2. The molecule has 0 aromatic heterocycles. The molecule has 1 heterocycles. The third-order valence-electron chi connectivity index (χ3n) is 4.20. The SMILES string of the molecule is COc1cccc(C2Oc3ccccc3OC2C(=O)O)c1OCCN(C)C. The number of para-hydroxylation sites is 3. The first-order valence-electron chi connectivity index (χ1n) is 8.61. The number of hydrogen-bond acceptors (Lipinski definition) is 6. The molecule has 0 bridgehead atoms. The van der Waals surface area contributed by atoms with Gasteiger partial charge in [0.15, 0.2) is 29.1 Å². The minimum absolute atomic E-state index is 0.402. The molecular weight excluding hydrogens is 350 g/mol. The smallest absolute Gasteiger partial charge is 0.349 e. The summed E-state index contributed by atoms with van der Waals surface area (Å²) in [5.41, 5.74) is 0.565. The van der Waals surface area contributed by atoms with E-state index in [0.29, 0.717) is 41.7 Å². The molecule has 2 aromatic carbocycles. The van der Waals surface area contributed by atoms with Crippen molar-refractivity contribution in [2.45, 2.75) is 12.2 Å². The van der Waals surface area contributed by atoms with Crippen molar-refractivity contribution in [1.29, 1.82) is 0 Å². The first-order chi connectivity index (χ1) is 13.0. The van der Waals surface area contributed by atoms with Gasteiger partial charge < -0.3 is 29.0 Å². The summed E-state index contributed by atoms with van der Waals surface area (Å²) in [7, 11) is 5.43. The monoisotopic (exact) mass is 373 g/mol. The van der Waals surface area contributed by atoms with E-state index in [0.717, 1.165) is 0 Å². The number of ether oxygens (including phenoxy) is 4. The van der Waals surface area contributed by atoms with Crippen LogP contribution >= 0.6 is 0 Å². The average Bonchev–Trinajstić information content (AvgIpc) is 2.66. The number of carbonyl (C=O) groups is 1. The van der Waals surface area contributed by atoms with Crippen LogP contribution in [0.5, 0.6) is 23.0 Å². The van der Waals surface area contributed by atoms with Gasteiger partial charge in [-0.05, 0) is 32.3 Å². The van der Waals surface area contributed by atoms with Gasteiger partial charge in [0.2, 0.25) is 6.10 Å². The molecule has 2 unspecified atom stereocenters. The topological polar surface area (TPSA) is 77.5 Å². The molecule has 3 rings (SSSR count).